The maximum atomic E-state index is 11.7. The van der Waals surface area contributed by atoms with Crippen molar-refractivity contribution < 1.29 is 13.6 Å². The lowest BCUT2D eigenvalue weighted by molar-refractivity contribution is 0.111. The van der Waals surface area contributed by atoms with E-state index in [9.17, 15) is 13.6 Å². The summed E-state index contributed by atoms with van der Waals surface area (Å²) in [5, 5.41) is 3.72. The fourth-order valence-electron chi connectivity index (χ4n) is 0.795. The molecule has 0 spiro atoms. The summed E-state index contributed by atoms with van der Waals surface area (Å²) in [6.45, 7) is 0.144. The van der Waals surface area contributed by atoms with E-state index >= 15 is 0 Å². The van der Waals surface area contributed by atoms with E-state index in [1.807, 2.05) is 0 Å². The summed E-state index contributed by atoms with van der Waals surface area (Å²) in [6.07, 6.45) is -0.473. The van der Waals surface area contributed by atoms with Gasteiger partial charge < -0.3 is 0 Å². The Hall–Kier alpha value is -1.26. The zero-order valence-electron chi connectivity index (χ0n) is 6.28. The van der Waals surface area contributed by atoms with Crippen LogP contribution in [0.3, 0.4) is 0 Å². The fourth-order valence-corrected chi connectivity index (χ4v) is 0.795. The highest BCUT2D eigenvalue weighted by molar-refractivity contribution is 5.71. The molecule has 0 aromatic carbocycles. The number of nitrogens with zero attached hydrogens (tertiary/aromatic N) is 2. The first kappa shape index (κ1) is 8.83. The Morgan fingerprint density at radius 3 is 2.92 bits per heavy atom. The lowest BCUT2D eigenvalue weighted by Gasteiger charge is -1.98. The van der Waals surface area contributed by atoms with E-state index in [4.69, 9.17) is 0 Å². The molecule has 1 heterocycles. The molecule has 0 N–H and O–H groups in total. The van der Waals surface area contributed by atoms with E-state index in [1.165, 1.54) is 16.9 Å². The molecule has 0 radical (unpaired) electrons. The molecule has 3 nitrogen and oxygen atoms in total. The second-order valence-corrected chi connectivity index (χ2v) is 2.30. The fraction of sp³-hybridized carbons (Fsp3) is 0.429. The van der Waals surface area contributed by atoms with E-state index in [0.717, 1.165) is 0 Å². The van der Waals surface area contributed by atoms with Crippen LogP contribution in [0.25, 0.3) is 0 Å². The molecule has 0 atom stereocenters. The minimum Gasteiger partial charge on any atom is -0.296 e. The number of alkyl halides is 2. The predicted molar refractivity (Wildman–Crippen MR) is 38.2 cm³/mol. The van der Waals surface area contributed by atoms with Gasteiger partial charge in [-0.1, -0.05) is 0 Å². The summed E-state index contributed by atoms with van der Waals surface area (Å²) in [4.78, 5) is 10.1. The van der Waals surface area contributed by atoms with Crippen LogP contribution < -0.4 is 0 Å². The summed E-state index contributed by atoms with van der Waals surface area (Å²) in [7, 11) is 0. The molecule has 0 saturated heterocycles. The van der Waals surface area contributed by atoms with Crippen LogP contribution in [0.2, 0.25) is 0 Å². The monoisotopic (exact) mass is 174 g/mol. The van der Waals surface area contributed by atoms with Crippen molar-refractivity contribution in [2.75, 3.05) is 0 Å². The normalized spacial score (nSPS) is 10.6. The summed E-state index contributed by atoms with van der Waals surface area (Å²) < 4.78 is 24.7. The largest absolute Gasteiger partial charge is 0.296 e. The number of hydrogen-bond donors (Lipinski definition) is 0. The van der Waals surface area contributed by atoms with Crippen LogP contribution in [-0.4, -0.2) is 22.5 Å². The van der Waals surface area contributed by atoms with Crippen LogP contribution in [0, 0.1) is 0 Å². The van der Waals surface area contributed by atoms with Gasteiger partial charge in [0.05, 0.1) is 0 Å². The van der Waals surface area contributed by atoms with Crippen molar-refractivity contribution in [3.63, 3.8) is 0 Å². The zero-order valence-corrected chi connectivity index (χ0v) is 6.28. The Bertz CT molecular complexity index is 260. The highest BCUT2D eigenvalue weighted by atomic mass is 19.3. The zero-order chi connectivity index (χ0) is 8.97. The average molecular weight is 174 g/mol. The lowest BCUT2D eigenvalue weighted by atomic mass is 10.4. The highest BCUT2D eigenvalue weighted by Crippen LogP contribution is 2.01. The second-order valence-electron chi connectivity index (χ2n) is 2.30. The van der Waals surface area contributed by atoms with Crippen LogP contribution in [0.1, 0.15) is 16.9 Å². The molecule has 0 unspecified atom stereocenters. The smallest absolute Gasteiger partial charge is 0.240 e. The predicted octanol–water partition coefficient (Wildman–Crippen LogP) is 1.35. The van der Waals surface area contributed by atoms with Gasteiger partial charge in [-0.15, -0.1) is 0 Å². The number of aromatic nitrogens is 2. The summed E-state index contributed by atoms with van der Waals surface area (Å²) in [6, 6.07) is 1.48. The average Bonchev–Trinajstić information content (AvgIpc) is 2.48. The van der Waals surface area contributed by atoms with E-state index in [1.54, 1.807) is 0 Å². The molecule has 0 aliphatic carbocycles. The van der Waals surface area contributed by atoms with Gasteiger partial charge in [0.1, 0.15) is 5.69 Å². The first-order valence-corrected chi connectivity index (χ1v) is 3.49. The maximum Gasteiger partial charge on any atom is 0.240 e. The summed E-state index contributed by atoms with van der Waals surface area (Å²) in [5.41, 5.74) is 0.268. The van der Waals surface area contributed by atoms with Gasteiger partial charge in [0.2, 0.25) is 6.43 Å². The molecule has 12 heavy (non-hydrogen) atoms. The van der Waals surface area contributed by atoms with Crippen molar-refractivity contribution in [1.82, 2.24) is 9.78 Å². The second kappa shape index (κ2) is 3.94. The standard InChI is InChI=1S/C7H8F2N2O/c8-7(9)2-4-11-3-1-6(5-12)10-11/h1,3,5,7H,2,4H2. The number of aldehydes is 1. The molecule has 1 rings (SSSR count). The SMILES string of the molecule is O=Cc1ccn(CCC(F)F)n1. The van der Waals surface area contributed by atoms with Crippen LogP contribution in [0.4, 0.5) is 8.78 Å². The quantitative estimate of drug-likeness (QED) is 0.646. The van der Waals surface area contributed by atoms with E-state index in [0.29, 0.717) is 6.29 Å². The van der Waals surface area contributed by atoms with Crippen molar-refractivity contribution in [3.05, 3.63) is 18.0 Å². The molecule has 0 fully saturated rings. The van der Waals surface area contributed by atoms with Crippen LogP contribution in [0.5, 0.6) is 0 Å². The van der Waals surface area contributed by atoms with Crippen molar-refractivity contribution in [3.8, 4) is 0 Å². The maximum absolute atomic E-state index is 11.7. The number of aryl methyl sites for hydroxylation is 1. The Labute approximate surface area is 68.0 Å². The first-order chi connectivity index (χ1) is 5.72. The van der Waals surface area contributed by atoms with Crippen molar-refractivity contribution in [1.29, 1.82) is 0 Å². The Morgan fingerprint density at radius 2 is 2.42 bits per heavy atom. The van der Waals surface area contributed by atoms with E-state index < -0.39 is 6.43 Å². The number of halogens is 2. The minimum atomic E-state index is -2.33. The summed E-state index contributed by atoms with van der Waals surface area (Å²) in [5.74, 6) is 0. The Kier molecular flexibility index (Phi) is 2.90. The van der Waals surface area contributed by atoms with Gasteiger partial charge in [-0.05, 0) is 6.07 Å². The van der Waals surface area contributed by atoms with Gasteiger partial charge in [0, 0.05) is 19.2 Å². The number of carbonyl (C=O) groups excluding carboxylic acids is 1. The molecule has 1 aromatic rings. The topological polar surface area (TPSA) is 34.9 Å². The molecule has 0 amide bonds. The van der Waals surface area contributed by atoms with Crippen molar-refractivity contribution >= 4 is 6.29 Å². The van der Waals surface area contributed by atoms with Crippen LogP contribution in [0.15, 0.2) is 12.3 Å². The third kappa shape index (κ3) is 2.41. The number of hydrogen-bond acceptors (Lipinski definition) is 2. The molecule has 0 bridgehead atoms. The van der Waals surface area contributed by atoms with Crippen LogP contribution in [-0.2, 0) is 6.54 Å². The van der Waals surface area contributed by atoms with Crippen molar-refractivity contribution in [2.24, 2.45) is 0 Å². The minimum absolute atomic E-state index is 0.144. The highest BCUT2D eigenvalue weighted by Gasteiger charge is 2.03. The molecule has 0 aliphatic rings. The molecular formula is C7H8F2N2O. The lowest BCUT2D eigenvalue weighted by Crippen LogP contribution is -2.03. The molecule has 0 saturated carbocycles. The first-order valence-electron chi connectivity index (χ1n) is 3.49. The molecule has 1 aromatic heterocycles. The molecule has 0 aliphatic heterocycles. The van der Waals surface area contributed by atoms with Gasteiger partial charge in [-0.2, -0.15) is 5.10 Å². The van der Waals surface area contributed by atoms with Gasteiger partial charge in [0.25, 0.3) is 0 Å². The Morgan fingerprint density at radius 1 is 1.67 bits per heavy atom. The van der Waals surface area contributed by atoms with E-state index in [2.05, 4.69) is 5.10 Å². The third-order valence-electron chi connectivity index (χ3n) is 1.36. The molecular weight excluding hydrogens is 166 g/mol. The molecule has 5 heteroatoms. The van der Waals surface area contributed by atoms with Gasteiger partial charge in [-0.25, -0.2) is 8.78 Å². The van der Waals surface area contributed by atoms with Gasteiger partial charge >= 0.3 is 0 Å². The third-order valence-corrected chi connectivity index (χ3v) is 1.36. The van der Waals surface area contributed by atoms with E-state index in [-0.39, 0.29) is 18.7 Å². The van der Waals surface area contributed by atoms with Crippen LogP contribution >= 0.6 is 0 Å². The van der Waals surface area contributed by atoms with Gasteiger partial charge in [0.15, 0.2) is 6.29 Å². The number of rotatable bonds is 4. The Balaban J connectivity index is 2.47. The van der Waals surface area contributed by atoms with Gasteiger partial charge in [-0.3, -0.25) is 9.48 Å². The molecule has 66 valence electrons. The van der Waals surface area contributed by atoms with Crippen molar-refractivity contribution in [2.45, 2.75) is 19.4 Å². The number of carbonyl (C=O) groups is 1. The summed E-state index contributed by atoms with van der Waals surface area (Å²) >= 11 is 0.